The predicted octanol–water partition coefficient (Wildman–Crippen LogP) is 4.71. The van der Waals surface area contributed by atoms with Crippen LogP contribution in [0.5, 0.6) is 11.5 Å². The summed E-state index contributed by atoms with van der Waals surface area (Å²) >= 11 is 0. The summed E-state index contributed by atoms with van der Waals surface area (Å²) in [6, 6.07) is 6.56. The van der Waals surface area contributed by atoms with E-state index in [2.05, 4.69) is 38.2 Å². The summed E-state index contributed by atoms with van der Waals surface area (Å²) in [5, 5.41) is 3.49. The van der Waals surface area contributed by atoms with Crippen molar-refractivity contribution in [1.29, 1.82) is 0 Å². The Morgan fingerprint density at radius 1 is 1.05 bits per heavy atom. The summed E-state index contributed by atoms with van der Waals surface area (Å²) < 4.78 is 11.3. The number of nitrogens with one attached hydrogen (secondary N) is 1. The van der Waals surface area contributed by atoms with Gasteiger partial charge in [-0.3, -0.25) is 0 Å². The van der Waals surface area contributed by atoms with Gasteiger partial charge in [-0.1, -0.05) is 39.2 Å². The summed E-state index contributed by atoms with van der Waals surface area (Å²) in [4.78, 5) is 0. The Balaban J connectivity index is 2.57. The molecule has 0 aliphatic rings. The number of hydrogen-bond donors (Lipinski definition) is 1. The van der Waals surface area contributed by atoms with Crippen molar-refractivity contribution in [3.63, 3.8) is 0 Å². The van der Waals surface area contributed by atoms with Crippen molar-refractivity contribution < 1.29 is 9.47 Å². The SMILES string of the molecule is CCCCCCOc1ccc(C(C)NCCC)cc1OC. The average Bonchev–Trinajstić information content (AvgIpc) is 2.52. The highest BCUT2D eigenvalue weighted by Gasteiger charge is 2.10. The van der Waals surface area contributed by atoms with Gasteiger partial charge >= 0.3 is 0 Å². The van der Waals surface area contributed by atoms with Crippen molar-refractivity contribution in [2.24, 2.45) is 0 Å². The molecule has 0 aliphatic heterocycles. The number of benzene rings is 1. The number of rotatable bonds is 11. The molecule has 0 aromatic heterocycles. The van der Waals surface area contributed by atoms with Crippen molar-refractivity contribution in [2.75, 3.05) is 20.3 Å². The van der Waals surface area contributed by atoms with E-state index in [1.165, 1.54) is 24.8 Å². The average molecular weight is 293 g/mol. The Kier molecular flexibility index (Phi) is 8.91. The number of methoxy groups -OCH3 is 1. The van der Waals surface area contributed by atoms with E-state index in [0.717, 1.165) is 37.5 Å². The molecule has 3 nitrogen and oxygen atoms in total. The van der Waals surface area contributed by atoms with E-state index in [1.54, 1.807) is 7.11 Å². The predicted molar refractivity (Wildman–Crippen MR) is 89.3 cm³/mol. The van der Waals surface area contributed by atoms with Crippen molar-refractivity contribution in [3.05, 3.63) is 23.8 Å². The lowest BCUT2D eigenvalue weighted by atomic mass is 10.1. The van der Waals surface area contributed by atoms with Crippen LogP contribution in [0, 0.1) is 0 Å². The number of hydrogen-bond acceptors (Lipinski definition) is 3. The standard InChI is InChI=1S/C18H31NO2/c1-5-7-8-9-13-21-17-11-10-16(14-18(17)20-4)15(3)19-12-6-2/h10-11,14-15,19H,5-9,12-13H2,1-4H3. The zero-order valence-corrected chi connectivity index (χ0v) is 14.1. The van der Waals surface area contributed by atoms with Crippen LogP contribution in [0.25, 0.3) is 0 Å². The van der Waals surface area contributed by atoms with E-state index in [1.807, 2.05) is 6.07 Å². The molecule has 0 heterocycles. The Bertz CT molecular complexity index is 393. The summed E-state index contributed by atoms with van der Waals surface area (Å²) in [6.45, 7) is 8.36. The molecule has 1 atom stereocenters. The highest BCUT2D eigenvalue weighted by molar-refractivity contribution is 5.43. The van der Waals surface area contributed by atoms with Crippen molar-refractivity contribution in [1.82, 2.24) is 5.32 Å². The Labute approximate surface area is 130 Å². The van der Waals surface area contributed by atoms with Crippen molar-refractivity contribution in [2.45, 2.75) is 58.9 Å². The molecule has 0 saturated carbocycles. The molecule has 120 valence electrons. The minimum absolute atomic E-state index is 0.331. The summed E-state index contributed by atoms with van der Waals surface area (Å²) in [5.41, 5.74) is 1.23. The summed E-state index contributed by atoms with van der Waals surface area (Å²) in [6.07, 6.45) is 6.00. The fraction of sp³-hybridized carbons (Fsp3) is 0.667. The van der Waals surface area contributed by atoms with Gasteiger partial charge in [-0.2, -0.15) is 0 Å². The summed E-state index contributed by atoms with van der Waals surface area (Å²) in [5.74, 6) is 1.67. The second-order valence-electron chi connectivity index (χ2n) is 5.50. The van der Waals surface area contributed by atoms with E-state index >= 15 is 0 Å². The van der Waals surface area contributed by atoms with Gasteiger partial charge in [0, 0.05) is 6.04 Å². The highest BCUT2D eigenvalue weighted by atomic mass is 16.5. The molecule has 1 N–H and O–H groups in total. The first kappa shape index (κ1) is 17.8. The number of ether oxygens (including phenoxy) is 2. The van der Waals surface area contributed by atoms with Crippen LogP contribution in [-0.4, -0.2) is 20.3 Å². The first-order valence-electron chi connectivity index (χ1n) is 8.27. The molecule has 0 spiro atoms. The smallest absolute Gasteiger partial charge is 0.161 e. The number of unbranched alkanes of at least 4 members (excludes halogenated alkanes) is 3. The van der Waals surface area contributed by atoms with Gasteiger partial charge in [0.15, 0.2) is 11.5 Å². The van der Waals surface area contributed by atoms with Crippen molar-refractivity contribution in [3.8, 4) is 11.5 Å². The van der Waals surface area contributed by atoms with Crippen LogP contribution in [0.3, 0.4) is 0 Å². The molecule has 0 saturated heterocycles. The van der Waals surface area contributed by atoms with Crippen LogP contribution < -0.4 is 14.8 Å². The van der Waals surface area contributed by atoms with E-state index in [-0.39, 0.29) is 0 Å². The van der Waals surface area contributed by atoms with Crippen LogP contribution in [0.15, 0.2) is 18.2 Å². The first-order chi connectivity index (χ1) is 10.2. The summed E-state index contributed by atoms with van der Waals surface area (Å²) in [7, 11) is 1.70. The molecule has 3 heteroatoms. The van der Waals surface area contributed by atoms with Gasteiger partial charge in [-0.15, -0.1) is 0 Å². The fourth-order valence-electron chi connectivity index (χ4n) is 2.26. The molecule has 0 amide bonds. The molecule has 0 fully saturated rings. The van der Waals surface area contributed by atoms with Crippen LogP contribution in [0.2, 0.25) is 0 Å². The molecule has 1 rings (SSSR count). The second-order valence-corrected chi connectivity index (χ2v) is 5.50. The lowest BCUT2D eigenvalue weighted by Gasteiger charge is -2.17. The van der Waals surface area contributed by atoms with Crippen LogP contribution in [0.1, 0.15) is 64.5 Å². The van der Waals surface area contributed by atoms with Crippen LogP contribution >= 0.6 is 0 Å². The maximum atomic E-state index is 5.85. The van der Waals surface area contributed by atoms with E-state index in [0.29, 0.717) is 6.04 Å². The molecular formula is C18H31NO2. The fourth-order valence-corrected chi connectivity index (χ4v) is 2.26. The second kappa shape index (κ2) is 10.5. The molecule has 0 radical (unpaired) electrons. The van der Waals surface area contributed by atoms with Gasteiger partial charge in [-0.25, -0.2) is 0 Å². The van der Waals surface area contributed by atoms with Crippen LogP contribution in [-0.2, 0) is 0 Å². The minimum Gasteiger partial charge on any atom is -0.493 e. The normalized spacial score (nSPS) is 12.2. The topological polar surface area (TPSA) is 30.5 Å². The largest absolute Gasteiger partial charge is 0.493 e. The molecule has 1 aromatic rings. The van der Waals surface area contributed by atoms with E-state index < -0.39 is 0 Å². The third kappa shape index (κ3) is 6.38. The van der Waals surface area contributed by atoms with Gasteiger partial charge in [0.25, 0.3) is 0 Å². The molecule has 0 aliphatic carbocycles. The van der Waals surface area contributed by atoms with E-state index in [9.17, 15) is 0 Å². The quantitative estimate of drug-likeness (QED) is 0.599. The Morgan fingerprint density at radius 2 is 1.86 bits per heavy atom. The molecular weight excluding hydrogens is 262 g/mol. The third-order valence-corrected chi connectivity index (χ3v) is 3.64. The maximum Gasteiger partial charge on any atom is 0.161 e. The Morgan fingerprint density at radius 3 is 2.52 bits per heavy atom. The van der Waals surface area contributed by atoms with Crippen molar-refractivity contribution >= 4 is 0 Å². The maximum absolute atomic E-state index is 5.85. The third-order valence-electron chi connectivity index (χ3n) is 3.64. The van der Waals surface area contributed by atoms with Crippen LogP contribution in [0.4, 0.5) is 0 Å². The Hall–Kier alpha value is -1.22. The lowest BCUT2D eigenvalue weighted by Crippen LogP contribution is -2.19. The first-order valence-corrected chi connectivity index (χ1v) is 8.27. The zero-order chi connectivity index (χ0) is 15.5. The van der Waals surface area contributed by atoms with E-state index in [4.69, 9.17) is 9.47 Å². The van der Waals surface area contributed by atoms with Gasteiger partial charge in [0.2, 0.25) is 0 Å². The zero-order valence-electron chi connectivity index (χ0n) is 14.1. The highest BCUT2D eigenvalue weighted by Crippen LogP contribution is 2.30. The molecule has 1 aromatic carbocycles. The van der Waals surface area contributed by atoms with Gasteiger partial charge in [-0.05, 0) is 44.0 Å². The van der Waals surface area contributed by atoms with Gasteiger partial charge in [0.1, 0.15) is 0 Å². The molecule has 1 unspecified atom stereocenters. The lowest BCUT2D eigenvalue weighted by molar-refractivity contribution is 0.285. The van der Waals surface area contributed by atoms with Gasteiger partial charge in [0.05, 0.1) is 13.7 Å². The van der Waals surface area contributed by atoms with Gasteiger partial charge < -0.3 is 14.8 Å². The molecule has 21 heavy (non-hydrogen) atoms. The monoisotopic (exact) mass is 293 g/mol. The minimum atomic E-state index is 0.331. The molecule has 0 bridgehead atoms.